The van der Waals surface area contributed by atoms with Crippen LogP contribution in [0.15, 0.2) is 76.6 Å². The first-order valence-corrected chi connectivity index (χ1v) is 16.9. The number of hydrogen-bond donors (Lipinski definition) is 1. The largest absolute Gasteiger partial charge is 0.507 e. The Morgan fingerprint density at radius 3 is 2.57 bits per heavy atom. The van der Waals surface area contributed by atoms with Gasteiger partial charge in [0.25, 0.3) is 5.78 Å². The number of fused-ring (bicyclic) bond motifs is 1. The Hall–Kier alpha value is -4.55. The molecule has 0 unspecified atom stereocenters. The molecule has 1 N–H and O–H groups in total. The number of unbranched alkanes of at least 4 members (excludes halogenated alkanes) is 1. The van der Waals surface area contributed by atoms with Crippen molar-refractivity contribution in [2.24, 2.45) is 0 Å². The summed E-state index contributed by atoms with van der Waals surface area (Å²) in [7, 11) is 0. The molecular formula is C34H33N3O7S2. The summed E-state index contributed by atoms with van der Waals surface area (Å²) < 4.78 is 23.9. The van der Waals surface area contributed by atoms with Crippen LogP contribution in [0.4, 0.5) is 5.13 Å². The van der Waals surface area contributed by atoms with Crippen molar-refractivity contribution in [3.05, 3.63) is 89.0 Å². The third-order valence-corrected chi connectivity index (χ3v) is 9.53. The minimum atomic E-state index is -1.02. The molecule has 10 nitrogen and oxygen atoms in total. The third kappa shape index (κ3) is 6.54. The highest BCUT2D eigenvalue weighted by Crippen LogP contribution is 2.46. The van der Waals surface area contributed by atoms with E-state index in [4.69, 9.17) is 18.9 Å². The number of hydrogen-bond acceptors (Lipinski definition) is 11. The monoisotopic (exact) mass is 659 g/mol. The lowest BCUT2D eigenvalue weighted by Crippen LogP contribution is -2.29. The number of benzene rings is 3. The van der Waals surface area contributed by atoms with Crippen molar-refractivity contribution < 1.29 is 33.6 Å². The molecule has 1 saturated heterocycles. The first kappa shape index (κ1) is 31.4. The summed E-state index contributed by atoms with van der Waals surface area (Å²) in [5, 5.41) is 20.6. The lowest BCUT2D eigenvalue weighted by Gasteiger charge is -2.24. The molecule has 1 amide bonds. The van der Waals surface area contributed by atoms with E-state index in [0.717, 1.165) is 18.4 Å². The van der Waals surface area contributed by atoms with Crippen molar-refractivity contribution in [2.45, 2.75) is 42.8 Å². The molecule has 0 bridgehead atoms. The average molecular weight is 660 g/mol. The summed E-state index contributed by atoms with van der Waals surface area (Å²) in [6, 6.07) is 19.1. The lowest BCUT2D eigenvalue weighted by molar-refractivity contribution is -0.132. The minimum absolute atomic E-state index is 0.0857. The van der Waals surface area contributed by atoms with Gasteiger partial charge < -0.3 is 24.1 Å². The molecule has 3 heterocycles. The second-order valence-electron chi connectivity index (χ2n) is 10.5. The first-order chi connectivity index (χ1) is 22.5. The van der Waals surface area contributed by atoms with Crippen LogP contribution >= 0.6 is 23.1 Å². The first-order valence-electron chi connectivity index (χ1n) is 15.1. The van der Waals surface area contributed by atoms with E-state index in [1.54, 1.807) is 36.4 Å². The van der Waals surface area contributed by atoms with E-state index in [0.29, 0.717) is 70.6 Å². The topological polar surface area (TPSA) is 120 Å². The van der Waals surface area contributed by atoms with Crippen LogP contribution in [-0.4, -0.2) is 53.4 Å². The maximum absolute atomic E-state index is 13.8. The predicted molar refractivity (Wildman–Crippen MR) is 176 cm³/mol. The molecule has 3 aromatic carbocycles. The number of Topliss-reactive ketones (excluding diaryl/α,β-unsaturated/α-hetero) is 1. The molecule has 4 aromatic rings. The molecule has 0 aliphatic carbocycles. The third-order valence-electron chi connectivity index (χ3n) is 7.41. The van der Waals surface area contributed by atoms with Gasteiger partial charge in [0.15, 0.2) is 27.3 Å². The van der Waals surface area contributed by atoms with Crippen molar-refractivity contribution in [3.8, 4) is 23.0 Å². The number of anilines is 1. The van der Waals surface area contributed by atoms with E-state index >= 15 is 0 Å². The molecule has 2 aliphatic heterocycles. The summed E-state index contributed by atoms with van der Waals surface area (Å²) in [6.45, 7) is 5.62. The standard InChI is InChI=1S/C34H33N3O7S2/c1-3-5-15-42-24-13-11-22(18-26(24)41-4-2)29-28(30(38)23-12-14-25-27(19-23)44-17-16-43-25)31(39)32(40)37(29)33-35-36-34(46-33)45-20-21-9-7-6-8-10-21/h6-14,18-19,29,38H,3-5,15-17,20H2,1-2H3/t29-/m0/s1. The molecule has 1 atom stereocenters. The fourth-order valence-electron chi connectivity index (χ4n) is 5.18. The van der Waals surface area contributed by atoms with Gasteiger partial charge in [-0.1, -0.05) is 72.8 Å². The van der Waals surface area contributed by atoms with Crippen LogP contribution in [0, 0.1) is 0 Å². The number of nitrogens with zero attached hydrogens (tertiary/aromatic N) is 3. The number of amides is 1. The van der Waals surface area contributed by atoms with E-state index in [-0.39, 0.29) is 16.5 Å². The number of ether oxygens (including phenoxy) is 4. The normalized spacial score (nSPS) is 16.9. The number of ketones is 1. The van der Waals surface area contributed by atoms with Gasteiger partial charge in [0.2, 0.25) is 5.13 Å². The van der Waals surface area contributed by atoms with Crippen molar-refractivity contribution >= 4 is 45.7 Å². The van der Waals surface area contributed by atoms with Gasteiger partial charge in [-0.15, -0.1) is 10.2 Å². The number of rotatable bonds is 12. The van der Waals surface area contributed by atoms with Crippen LogP contribution < -0.4 is 23.8 Å². The number of carbonyl (C=O) groups is 2. The number of thioether (sulfide) groups is 1. The zero-order chi connectivity index (χ0) is 32.0. The average Bonchev–Trinajstić information content (AvgIpc) is 3.66. The molecule has 0 radical (unpaired) electrons. The summed E-state index contributed by atoms with van der Waals surface area (Å²) in [5.41, 5.74) is 1.89. The van der Waals surface area contributed by atoms with E-state index in [9.17, 15) is 14.7 Å². The highest BCUT2D eigenvalue weighted by atomic mass is 32.2. The molecular weight excluding hydrogens is 627 g/mol. The fraction of sp³-hybridized carbons (Fsp3) is 0.294. The molecule has 0 saturated carbocycles. The quantitative estimate of drug-likeness (QED) is 0.0434. The van der Waals surface area contributed by atoms with E-state index < -0.39 is 17.7 Å². The maximum atomic E-state index is 13.8. The number of carbonyl (C=O) groups excluding carboxylic acids is 2. The van der Waals surface area contributed by atoms with Crippen molar-refractivity contribution in [2.75, 3.05) is 31.3 Å². The highest BCUT2D eigenvalue weighted by molar-refractivity contribution is 8.00. The molecule has 46 heavy (non-hydrogen) atoms. The van der Waals surface area contributed by atoms with Crippen LogP contribution in [0.3, 0.4) is 0 Å². The smallest absolute Gasteiger partial charge is 0.301 e. The predicted octanol–water partition coefficient (Wildman–Crippen LogP) is 6.81. The van der Waals surface area contributed by atoms with E-state index in [2.05, 4.69) is 17.1 Å². The van der Waals surface area contributed by atoms with Crippen LogP contribution in [-0.2, 0) is 15.3 Å². The van der Waals surface area contributed by atoms with Gasteiger partial charge >= 0.3 is 5.91 Å². The highest BCUT2D eigenvalue weighted by Gasteiger charge is 2.48. The van der Waals surface area contributed by atoms with E-state index in [1.165, 1.54) is 28.0 Å². The summed E-state index contributed by atoms with van der Waals surface area (Å²) in [4.78, 5) is 28.9. The SMILES string of the molecule is CCCCOc1ccc([C@H]2C(=C(O)c3ccc4c(c3)OCCO4)C(=O)C(=O)N2c2nnc(SCc3ccccc3)s2)cc1OCC. The van der Waals surface area contributed by atoms with Crippen LogP contribution in [0.25, 0.3) is 5.76 Å². The fourth-order valence-corrected chi connectivity index (χ4v) is 7.00. The van der Waals surface area contributed by atoms with Gasteiger partial charge in [-0.25, -0.2) is 0 Å². The Bertz CT molecular complexity index is 1760. The Labute approximate surface area is 275 Å². The Morgan fingerprint density at radius 1 is 0.978 bits per heavy atom. The van der Waals surface area contributed by atoms with Gasteiger partial charge in [0.1, 0.15) is 19.0 Å². The van der Waals surface area contributed by atoms with Crippen LogP contribution in [0.2, 0.25) is 0 Å². The summed E-state index contributed by atoms with van der Waals surface area (Å²) >= 11 is 2.70. The number of aliphatic hydroxyl groups excluding tert-OH is 1. The Morgan fingerprint density at radius 2 is 1.78 bits per heavy atom. The molecule has 6 rings (SSSR count). The Kier molecular flexibility index (Phi) is 9.74. The molecule has 2 aliphatic rings. The minimum Gasteiger partial charge on any atom is -0.507 e. The summed E-state index contributed by atoms with van der Waals surface area (Å²) in [5.74, 6) is 0.669. The van der Waals surface area contributed by atoms with Crippen LogP contribution in [0.1, 0.15) is 49.4 Å². The van der Waals surface area contributed by atoms with Crippen molar-refractivity contribution in [1.82, 2.24) is 10.2 Å². The van der Waals surface area contributed by atoms with Crippen molar-refractivity contribution in [3.63, 3.8) is 0 Å². The molecule has 1 fully saturated rings. The van der Waals surface area contributed by atoms with Gasteiger partial charge in [-0.2, -0.15) is 0 Å². The lowest BCUT2D eigenvalue weighted by atomic mass is 9.95. The van der Waals surface area contributed by atoms with Gasteiger partial charge in [-0.05, 0) is 54.8 Å². The maximum Gasteiger partial charge on any atom is 0.301 e. The zero-order valence-electron chi connectivity index (χ0n) is 25.4. The second-order valence-corrected chi connectivity index (χ2v) is 12.7. The zero-order valence-corrected chi connectivity index (χ0v) is 27.1. The Balaban J connectivity index is 1.42. The van der Waals surface area contributed by atoms with Crippen LogP contribution in [0.5, 0.6) is 23.0 Å². The number of aliphatic hydroxyl groups is 1. The summed E-state index contributed by atoms with van der Waals surface area (Å²) in [6.07, 6.45) is 1.86. The van der Waals surface area contributed by atoms with Gasteiger partial charge in [0.05, 0.1) is 24.8 Å². The van der Waals surface area contributed by atoms with E-state index in [1.807, 2.05) is 37.3 Å². The van der Waals surface area contributed by atoms with Gasteiger partial charge in [0, 0.05) is 11.3 Å². The molecule has 12 heteroatoms. The molecule has 0 spiro atoms. The number of aromatic nitrogens is 2. The molecule has 1 aromatic heterocycles. The second kappa shape index (κ2) is 14.3. The molecule has 238 valence electrons. The van der Waals surface area contributed by atoms with Crippen molar-refractivity contribution in [1.29, 1.82) is 0 Å². The van der Waals surface area contributed by atoms with Gasteiger partial charge in [-0.3, -0.25) is 14.5 Å².